The van der Waals surface area contributed by atoms with Crippen LogP contribution < -0.4 is 15.4 Å². The van der Waals surface area contributed by atoms with Crippen LogP contribution in [-0.4, -0.2) is 19.4 Å². The molecule has 2 amide bonds. The Kier molecular flexibility index (Phi) is 6.69. The van der Waals surface area contributed by atoms with Crippen LogP contribution in [0.15, 0.2) is 78.0 Å². The molecule has 0 radical (unpaired) electrons. The molecule has 2 aromatic carbocycles. The number of aromatic nitrogens is 1. The maximum atomic E-state index is 12.5. The molecule has 1 aromatic heterocycles. The smallest absolute Gasteiger partial charge is 0.319 e. The van der Waals surface area contributed by atoms with Crippen LogP contribution in [0.5, 0.6) is 0 Å². The Labute approximate surface area is 174 Å². The van der Waals surface area contributed by atoms with Crippen molar-refractivity contribution < 1.29 is 13.2 Å². The monoisotopic (exact) mass is 430 g/mol. The number of amides is 2. The van der Waals surface area contributed by atoms with Crippen molar-refractivity contribution in [1.82, 2.24) is 10.3 Å². The molecule has 0 bridgehead atoms. The average molecular weight is 431 g/mol. The molecule has 3 aromatic rings. The number of benzene rings is 2. The van der Waals surface area contributed by atoms with Crippen LogP contribution in [0.25, 0.3) is 0 Å². The summed E-state index contributed by atoms with van der Waals surface area (Å²) in [5, 5.41) is 5.36. The second-order valence-electron chi connectivity index (χ2n) is 6.13. The maximum absolute atomic E-state index is 12.5. The summed E-state index contributed by atoms with van der Waals surface area (Å²) in [6.45, 7) is 0.331. The summed E-state index contributed by atoms with van der Waals surface area (Å²) >= 11 is 5.78. The van der Waals surface area contributed by atoms with Gasteiger partial charge in [0.1, 0.15) is 0 Å². The average Bonchev–Trinajstić information content (AvgIpc) is 2.73. The first-order chi connectivity index (χ1) is 14.0. The topological polar surface area (TPSA) is 100 Å². The van der Waals surface area contributed by atoms with Crippen LogP contribution in [0.1, 0.15) is 11.1 Å². The van der Waals surface area contributed by atoms with Crippen LogP contribution >= 0.6 is 11.6 Å². The lowest BCUT2D eigenvalue weighted by atomic mass is 10.2. The first kappa shape index (κ1) is 20.6. The van der Waals surface area contributed by atoms with Crippen LogP contribution in [0, 0.1) is 0 Å². The van der Waals surface area contributed by atoms with Crippen LogP contribution in [-0.2, 0) is 22.4 Å². The molecule has 0 fully saturated rings. The molecule has 9 heteroatoms. The van der Waals surface area contributed by atoms with Crippen molar-refractivity contribution in [3.05, 3.63) is 84.2 Å². The van der Waals surface area contributed by atoms with Crippen molar-refractivity contribution in [3.63, 3.8) is 0 Å². The van der Waals surface area contributed by atoms with Gasteiger partial charge in [-0.15, -0.1) is 11.6 Å². The molecule has 0 unspecified atom stereocenters. The molecule has 0 aliphatic carbocycles. The highest BCUT2D eigenvalue weighted by atomic mass is 35.5. The van der Waals surface area contributed by atoms with E-state index in [0.29, 0.717) is 23.8 Å². The highest BCUT2D eigenvalue weighted by molar-refractivity contribution is 7.92. The normalized spacial score (nSPS) is 10.9. The molecule has 0 spiro atoms. The van der Waals surface area contributed by atoms with Gasteiger partial charge in [0.05, 0.1) is 4.90 Å². The number of carbonyl (C=O) groups excluding carboxylic acids is 1. The molecule has 1 heterocycles. The number of alkyl halides is 1. The molecule has 3 rings (SSSR count). The van der Waals surface area contributed by atoms with E-state index < -0.39 is 16.1 Å². The summed E-state index contributed by atoms with van der Waals surface area (Å²) in [6, 6.07) is 16.0. The number of nitrogens with one attached hydrogen (secondary N) is 3. The van der Waals surface area contributed by atoms with Gasteiger partial charge >= 0.3 is 6.03 Å². The minimum atomic E-state index is -3.76. The molecule has 0 atom stereocenters. The van der Waals surface area contributed by atoms with E-state index in [2.05, 4.69) is 20.3 Å². The number of carbonyl (C=O) groups is 1. The van der Waals surface area contributed by atoms with Gasteiger partial charge in [-0.1, -0.05) is 18.2 Å². The Bertz CT molecular complexity index is 1070. The Morgan fingerprint density at radius 3 is 2.41 bits per heavy atom. The Balaban J connectivity index is 1.60. The quantitative estimate of drug-likeness (QED) is 0.494. The zero-order valence-electron chi connectivity index (χ0n) is 15.3. The van der Waals surface area contributed by atoms with E-state index in [4.69, 9.17) is 11.6 Å². The Morgan fingerprint density at radius 2 is 1.72 bits per heavy atom. The van der Waals surface area contributed by atoms with Gasteiger partial charge in [0.2, 0.25) is 0 Å². The molecule has 150 valence electrons. The van der Waals surface area contributed by atoms with Gasteiger partial charge in [0, 0.05) is 36.2 Å². The number of hydrogen-bond donors (Lipinski definition) is 3. The fourth-order valence-corrected chi connectivity index (χ4v) is 3.73. The lowest BCUT2D eigenvalue weighted by molar-refractivity contribution is 0.251. The number of urea groups is 1. The number of anilines is 2. The molecule has 29 heavy (non-hydrogen) atoms. The zero-order chi connectivity index (χ0) is 20.7. The number of hydrogen-bond acceptors (Lipinski definition) is 4. The third-order valence-electron chi connectivity index (χ3n) is 3.93. The molecule has 0 aliphatic heterocycles. The number of halogens is 1. The zero-order valence-corrected chi connectivity index (χ0v) is 16.9. The van der Waals surface area contributed by atoms with E-state index in [1.807, 2.05) is 12.1 Å². The van der Waals surface area contributed by atoms with Crippen molar-refractivity contribution >= 4 is 39.0 Å². The lowest BCUT2D eigenvalue weighted by Crippen LogP contribution is -2.28. The van der Waals surface area contributed by atoms with Gasteiger partial charge in [0.15, 0.2) is 0 Å². The standard InChI is InChI=1S/C20H19ClN4O3S/c21-12-15-3-1-5-18(11-15)25-29(27,28)19-8-6-17(7-9-19)24-20(26)23-14-16-4-2-10-22-13-16/h1-11,13,25H,12,14H2,(H2,23,24,26). The second-order valence-corrected chi connectivity index (χ2v) is 8.08. The summed E-state index contributed by atoms with van der Waals surface area (Å²) in [5.74, 6) is 0.290. The highest BCUT2D eigenvalue weighted by Crippen LogP contribution is 2.19. The number of nitrogens with zero attached hydrogens (tertiary/aromatic N) is 1. The van der Waals surface area contributed by atoms with Gasteiger partial charge in [-0.3, -0.25) is 9.71 Å². The second kappa shape index (κ2) is 9.40. The minimum absolute atomic E-state index is 0.0788. The molecule has 7 nitrogen and oxygen atoms in total. The van der Waals surface area contributed by atoms with Gasteiger partial charge in [-0.25, -0.2) is 13.2 Å². The summed E-state index contributed by atoms with van der Waals surface area (Å²) in [5.41, 5.74) is 2.58. The fraction of sp³-hybridized carbons (Fsp3) is 0.100. The predicted molar refractivity (Wildman–Crippen MR) is 113 cm³/mol. The van der Waals surface area contributed by atoms with Gasteiger partial charge in [-0.2, -0.15) is 0 Å². The molecule has 0 saturated heterocycles. The Hall–Kier alpha value is -3.10. The van der Waals surface area contributed by atoms with E-state index in [1.54, 1.807) is 36.7 Å². The predicted octanol–water partition coefficient (Wildman–Crippen LogP) is 3.94. The van der Waals surface area contributed by atoms with Gasteiger partial charge in [0.25, 0.3) is 10.0 Å². The van der Waals surface area contributed by atoms with Crippen LogP contribution in [0.3, 0.4) is 0 Å². The molecular weight excluding hydrogens is 412 g/mol. The van der Waals surface area contributed by atoms with Crippen molar-refractivity contribution in [2.45, 2.75) is 17.3 Å². The lowest BCUT2D eigenvalue weighted by Gasteiger charge is -2.11. The van der Waals surface area contributed by atoms with Crippen molar-refractivity contribution in [2.75, 3.05) is 10.0 Å². The third kappa shape index (κ3) is 5.94. The SMILES string of the molecule is O=C(NCc1cccnc1)Nc1ccc(S(=O)(=O)Nc2cccc(CCl)c2)cc1. The summed E-state index contributed by atoms with van der Waals surface area (Å²) in [7, 11) is -3.76. The van der Waals surface area contributed by atoms with E-state index >= 15 is 0 Å². The van der Waals surface area contributed by atoms with E-state index in [-0.39, 0.29) is 4.90 Å². The van der Waals surface area contributed by atoms with E-state index in [9.17, 15) is 13.2 Å². The van der Waals surface area contributed by atoms with Gasteiger partial charge in [-0.05, 0) is 53.6 Å². The molecular formula is C20H19ClN4O3S. The molecule has 0 saturated carbocycles. The molecule has 0 aliphatic rings. The van der Waals surface area contributed by atoms with E-state index in [1.165, 1.54) is 24.3 Å². The van der Waals surface area contributed by atoms with Crippen LogP contribution in [0.4, 0.5) is 16.2 Å². The summed E-state index contributed by atoms with van der Waals surface area (Å²) < 4.78 is 27.6. The first-order valence-corrected chi connectivity index (χ1v) is 10.7. The maximum Gasteiger partial charge on any atom is 0.319 e. The van der Waals surface area contributed by atoms with E-state index in [0.717, 1.165) is 11.1 Å². The van der Waals surface area contributed by atoms with Crippen molar-refractivity contribution in [1.29, 1.82) is 0 Å². The van der Waals surface area contributed by atoms with Crippen LogP contribution in [0.2, 0.25) is 0 Å². The summed E-state index contributed by atoms with van der Waals surface area (Å²) in [6.07, 6.45) is 3.32. The minimum Gasteiger partial charge on any atom is -0.334 e. The number of rotatable bonds is 7. The fourth-order valence-electron chi connectivity index (χ4n) is 2.51. The first-order valence-electron chi connectivity index (χ1n) is 8.68. The van der Waals surface area contributed by atoms with Crippen molar-refractivity contribution in [2.24, 2.45) is 0 Å². The third-order valence-corrected chi connectivity index (χ3v) is 5.64. The molecule has 3 N–H and O–H groups in total. The van der Waals surface area contributed by atoms with Crippen molar-refractivity contribution in [3.8, 4) is 0 Å². The Morgan fingerprint density at radius 1 is 0.966 bits per heavy atom. The number of sulfonamides is 1. The largest absolute Gasteiger partial charge is 0.334 e. The summed E-state index contributed by atoms with van der Waals surface area (Å²) in [4.78, 5) is 16.0. The van der Waals surface area contributed by atoms with Gasteiger partial charge < -0.3 is 10.6 Å². The highest BCUT2D eigenvalue weighted by Gasteiger charge is 2.14. The number of pyridine rings is 1.